The highest BCUT2D eigenvalue weighted by Crippen LogP contribution is 2.46. The molecule has 2 heterocycles. The number of nitrogens with one attached hydrogen (secondary N) is 1. The van der Waals surface area contributed by atoms with E-state index in [0.717, 1.165) is 0 Å². The predicted octanol–water partition coefficient (Wildman–Crippen LogP) is 0.153. The van der Waals surface area contributed by atoms with E-state index in [1.165, 1.54) is 16.7 Å². The molecule has 3 N–H and O–H groups in total. The van der Waals surface area contributed by atoms with Gasteiger partial charge in [0.05, 0.1) is 18.1 Å². The predicted molar refractivity (Wildman–Crippen MR) is 80.8 cm³/mol. The molecule has 2 aliphatic heterocycles. The Morgan fingerprint density at radius 3 is 2.73 bits per heavy atom. The third-order valence-corrected chi connectivity index (χ3v) is 5.03. The minimum absolute atomic E-state index is 0.0266. The summed E-state index contributed by atoms with van der Waals surface area (Å²) in [5.41, 5.74) is 0.0266. The molecule has 0 spiro atoms. The molecular formula is C14H20N2O5S. The zero-order valence-electron chi connectivity index (χ0n) is 12.5. The maximum atomic E-state index is 12.0. The molecule has 0 aromatic rings. The molecule has 0 aliphatic carbocycles. The third kappa shape index (κ3) is 2.98. The second-order valence-corrected chi connectivity index (χ2v) is 6.56. The van der Waals surface area contributed by atoms with Crippen molar-refractivity contribution in [1.29, 1.82) is 0 Å². The van der Waals surface area contributed by atoms with Gasteiger partial charge in [0.2, 0.25) is 11.8 Å². The highest BCUT2D eigenvalue weighted by molar-refractivity contribution is 8.03. The number of hydrogen-bond acceptors (Lipinski definition) is 5. The number of carboxylic acid groups (broad SMARTS) is 1. The van der Waals surface area contributed by atoms with E-state index in [9.17, 15) is 24.6 Å². The number of carbonyl (C=O) groups is 3. The number of aliphatic hydroxyl groups excluding tert-OH is 1. The molecular weight excluding hydrogens is 308 g/mol. The Morgan fingerprint density at radius 1 is 1.50 bits per heavy atom. The fraction of sp³-hybridized carbons (Fsp3) is 0.643. The van der Waals surface area contributed by atoms with E-state index in [1.54, 1.807) is 13.8 Å². The lowest BCUT2D eigenvalue weighted by molar-refractivity contribution is -0.161. The van der Waals surface area contributed by atoms with E-state index in [4.69, 9.17) is 0 Å². The van der Waals surface area contributed by atoms with E-state index < -0.39 is 18.0 Å². The SMILES string of the molecule is CCC(=O)NCCSC1=C(C(=O)O)N2C(=O)[C@H]([C@@H](C)O)[C@H]2C1. The maximum Gasteiger partial charge on any atom is 0.353 e. The number of carbonyl (C=O) groups excluding carboxylic acids is 2. The smallest absolute Gasteiger partial charge is 0.353 e. The van der Waals surface area contributed by atoms with Crippen molar-refractivity contribution in [1.82, 2.24) is 10.2 Å². The van der Waals surface area contributed by atoms with Crippen molar-refractivity contribution < 1.29 is 24.6 Å². The summed E-state index contributed by atoms with van der Waals surface area (Å²) in [7, 11) is 0. The molecule has 2 aliphatic rings. The van der Waals surface area contributed by atoms with Crippen molar-refractivity contribution in [2.24, 2.45) is 5.92 Å². The lowest BCUT2D eigenvalue weighted by Crippen LogP contribution is -2.61. The summed E-state index contributed by atoms with van der Waals surface area (Å²) in [4.78, 5) is 36.5. The zero-order valence-corrected chi connectivity index (χ0v) is 13.4. The quantitative estimate of drug-likeness (QED) is 0.454. The normalized spacial score (nSPS) is 24.9. The van der Waals surface area contributed by atoms with Crippen molar-refractivity contribution in [2.75, 3.05) is 12.3 Å². The molecule has 3 atom stereocenters. The molecule has 2 amide bonds. The minimum atomic E-state index is -1.13. The van der Waals surface area contributed by atoms with Gasteiger partial charge in [-0.05, 0) is 6.92 Å². The first-order valence-electron chi connectivity index (χ1n) is 7.25. The van der Waals surface area contributed by atoms with Gasteiger partial charge < -0.3 is 20.4 Å². The number of β-lactam (4-membered cyclic amide) rings is 1. The molecule has 0 radical (unpaired) electrons. The Kier molecular flexibility index (Phi) is 5.12. The number of rotatable bonds is 7. The lowest BCUT2D eigenvalue weighted by Gasteiger charge is -2.44. The molecule has 7 nitrogen and oxygen atoms in total. The fourth-order valence-corrected chi connectivity index (χ4v) is 3.91. The van der Waals surface area contributed by atoms with Crippen LogP contribution in [0.25, 0.3) is 0 Å². The van der Waals surface area contributed by atoms with Crippen molar-refractivity contribution in [3.8, 4) is 0 Å². The van der Waals surface area contributed by atoms with Gasteiger partial charge in [-0.3, -0.25) is 9.59 Å². The van der Waals surface area contributed by atoms with Gasteiger partial charge in [-0.2, -0.15) is 0 Å². The van der Waals surface area contributed by atoms with E-state index in [-0.39, 0.29) is 23.6 Å². The molecule has 1 saturated heterocycles. The van der Waals surface area contributed by atoms with Crippen LogP contribution in [0.15, 0.2) is 10.6 Å². The second kappa shape index (κ2) is 6.70. The number of aliphatic carboxylic acids is 1. The lowest BCUT2D eigenvalue weighted by atomic mass is 9.83. The highest BCUT2D eigenvalue weighted by Gasteiger charge is 2.56. The van der Waals surface area contributed by atoms with Gasteiger partial charge >= 0.3 is 5.97 Å². The summed E-state index contributed by atoms with van der Waals surface area (Å²) in [6.07, 6.45) is 0.0840. The second-order valence-electron chi connectivity index (χ2n) is 5.38. The molecule has 0 saturated carbocycles. The van der Waals surface area contributed by atoms with Crippen molar-refractivity contribution in [2.45, 2.75) is 38.8 Å². The summed E-state index contributed by atoms with van der Waals surface area (Å²) >= 11 is 1.34. The van der Waals surface area contributed by atoms with Gasteiger partial charge in [-0.1, -0.05) is 6.92 Å². The number of amides is 2. The van der Waals surface area contributed by atoms with Gasteiger partial charge in [0.15, 0.2) is 0 Å². The Hall–Kier alpha value is -1.54. The van der Waals surface area contributed by atoms with Crippen LogP contribution in [-0.2, 0) is 14.4 Å². The highest BCUT2D eigenvalue weighted by atomic mass is 32.2. The van der Waals surface area contributed by atoms with Crippen LogP contribution in [0.2, 0.25) is 0 Å². The Bertz CT molecular complexity index is 531. The number of thioether (sulfide) groups is 1. The number of hydrogen-bond donors (Lipinski definition) is 3. The van der Waals surface area contributed by atoms with Crippen LogP contribution >= 0.6 is 11.8 Å². The van der Waals surface area contributed by atoms with E-state index >= 15 is 0 Å². The molecule has 0 aromatic carbocycles. The monoisotopic (exact) mass is 328 g/mol. The molecule has 0 bridgehead atoms. The summed E-state index contributed by atoms with van der Waals surface area (Å²) in [5, 5.41) is 21.7. The summed E-state index contributed by atoms with van der Waals surface area (Å²) in [6, 6.07) is -0.258. The largest absolute Gasteiger partial charge is 0.477 e. The topological polar surface area (TPSA) is 107 Å². The number of aliphatic hydroxyl groups is 1. The minimum Gasteiger partial charge on any atom is -0.477 e. The molecule has 2 rings (SSSR count). The average molecular weight is 328 g/mol. The standard InChI is InChI=1S/C14H20N2O5S/c1-3-10(18)15-4-5-22-9-6-8-11(7(2)17)13(19)16(8)12(9)14(20)21/h7-8,11,17H,3-6H2,1-2H3,(H,15,18)(H,20,21)/t7-,8-,11-/m1/s1. The van der Waals surface area contributed by atoms with E-state index in [0.29, 0.717) is 30.0 Å². The molecule has 22 heavy (non-hydrogen) atoms. The molecule has 0 unspecified atom stereocenters. The van der Waals surface area contributed by atoms with Crippen LogP contribution in [0.5, 0.6) is 0 Å². The Labute approximate surface area is 132 Å². The van der Waals surface area contributed by atoms with E-state index in [2.05, 4.69) is 5.32 Å². The summed E-state index contributed by atoms with van der Waals surface area (Å²) in [5.74, 6) is -1.47. The van der Waals surface area contributed by atoms with Crippen LogP contribution in [0.3, 0.4) is 0 Å². The van der Waals surface area contributed by atoms with Crippen molar-refractivity contribution in [3.63, 3.8) is 0 Å². The average Bonchev–Trinajstić information content (AvgIpc) is 2.77. The maximum absolute atomic E-state index is 12.0. The van der Waals surface area contributed by atoms with Crippen LogP contribution in [0, 0.1) is 5.92 Å². The number of fused-ring (bicyclic) bond motifs is 1. The molecule has 122 valence electrons. The number of nitrogens with zero attached hydrogens (tertiary/aromatic N) is 1. The summed E-state index contributed by atoms with van der Waals surface area (Å²) < 4.78 is 0. The van der Waals surface area contributed by atoms with Gasteiger partial charge in [0.1, 0.15) is 5.70 Å². The fourth-order valence-electron chi connectivity index (χ4n) is 2.85. The van der Waals surface area contributed by atoms with Gasteiger partial charge in [-0.25, -0.2) is 4.79 Å². The first-order valence-corrected chi connectivity index (χ1v) is 8.24. The molecule has 8 heteroatoms. The summed E-state index contributed by atoms with van der Waals surface area (Å²) in [6.45, 7) is 3.76. The van der Waals surface area contributed by atoms with Crippen molar-refractivity contribution in [3.05, 3.63) is 10.6 Å². The van der Waals surface area contributed by atoms with Gasteiger partial charge in [0.25, 0.3) is 0 Å². The molecule has 1 fully saturated rings. The molecule has 0 aromatic heterocycles. The van der Waals surface area contributed by atoms with Crippen LogP contribution in [0.1, 0.15) is 26.7 Å². The van der Waals surface area contributed by atoms with Gasteiger partial charge in [-0.15, -0.1) is 11.8 Å². The van der Waals surface area contributed by atoms with Crippen molar-refractivity contribution >= 4 is 29.5 Å². The third-order valence-electron chi connectivity index (χ3n) is 3.91. The van der Waals surface area contributed by atoms with Crippen LogP contribution in [-0.4, -0.2) is 57.3 Å². The van der Waals surface area contributed by atoms with Gasteiger partial charge in [0, 0.05) is 30.0 Å². The first kappa shape index (κ1) is 16.8. The first-order chi connectivity index (χ1) is 10.4. The van der Waals surface area contributed by atoms with Crippen LogP contribution in [0.4, 0.5) is 0 Å². The Balaban J connectivity index is 2.00. The van der Waals surface area contributed by atoms with E-state index in [1.807, 2.05) is 0 Å². The Morgan fingerprint density at radius 2 is 2.18 bits per heavy atom. The van der Waals surface area contributed by atoms with Crippen LogP contribution < -0.4 is 5.32 Å². The number of carboxylic acids is 1. The zero-order chi connectivity index (χ0) is 16.4.